The predicted octanol–water partition coefficient (Wildman–Crippen LogP) is 3.64. The van der Waals surface area contributed by atoms with Crippen LogP contribution in [-0.2, 0) is 4.74 Å². The fourth-order valence-electron chi connectivity index (χ4n) is 3.11. The zero-order chi connectivity index (χ0) is 18.1. The molecular weight excluding hydrogens is 463 g/mol. The van der Waals surface area contributed by atoms with Gasteiger partial charge in [-0.3, -0.25) is 9.89 Å². The molecule has 1 fully saturated rings. The maximum atomic E-state index is 6.07. The Morgan fingerprint density at radius 1 is 1.31 bits per heavy atom. The molecule has 1 aromatic carbocycles. The molecule has 1 atom stereocenters. The van der Waals surface area contributed by atoms with Gasteiger partial charge in [0, 0.05) is 45.3 Å². The van der Waals surface area contributed by atoms with E-state index in [1.807, 2.05) is 19.2 Å². The summed E-state index contributed by atoms with van der Waals surface area (Å²) in [6.07, 6.45) is 2.35. The number of rotatable bonds is 7. The zero-order valence-electron chi connectivity index (χ0n) is 16.1. The van der Waals surface area contributed by atoms with Gasteiger partial charge in [0.25, 0.3) is 0 Å². The fraction of sp³-hybridized carbons (Fsp3) is 0.632. The SMILES string of the molecule is CCCCN(C)C(=NC)NCC(c1ccc(Cl)cc1)N1CCOCC1.I. The van der Waals surface area contributed by atoms with Crippen LogP contribution in [0.5, 0.6) is 0 Å². The van der Waals surface area contributed by atoms with Crippen LogP contribution in [-0.4, -0.2) is 69.2 Å². The van der Waals surface area contributed by atoms with Gasteiger partial charge in [-0.05, 0) is 24.1 Å². The van der Waals surface area contributed by atoms with E-state index in [0.29, 0.717) is 0 Å². The molecule has 0 spiro atoms. The Bertz CT molecular complexity index is 535. The molecule has 26 heavy (non-hydrogen) atoms. The van der Waals surface area contributed by atoms with E-state index in [1.54, 1.807) is 0 Å². The van der Waals surface area contributed by atoms with Crippen molar-refractivity contribution in [3.05, 3.63) is 34.9 Å². The number of ether oxygens (including phenoxy) is 1. The number of morpholine rings is 1. The Balaban J connectivity index is 0.00000338. The van der Waals surface area contributed by atoms with Crippen LogP contribution in [0.4, 0.5) is 0 Å². The number of hydrogen-bond donors (Lipinski definition) is 1. The van der Waals surface area contributed by atoms with E-state index in [9.17, 15) is 0 Å². The number of benzene rings is 1. The second-order valence-corrected chi connectivity index (χ2v) is 6.86. The summed E-state index contributed by atoms with van der Waals surface area (Å²) in [7, 11) is 3.94. The van der Waals surface area contributed by atoms with E-state index in [1.165, 1.54) is 18.4 Å². The van der Waals surface area contributed by atoms with Crippen LogP contribution >= 0.6 is 35.6 Å². The van der Waals surface area contributed by atoms with Crippen molar-refractivity contribution in [2.24, 2.45) is 4.99 Å². The Hall–Kier alpha value is -0.570. The highest BCUT2D eigenvalue weighted by atomic mass is 127. The van der Waals surface area contributed by atoms with Crippen molar-refractivity contribution in [3.8, 4) is 0 Å². The highest BCUT2D eigenvalue weighted by Gasteiger charge is 2.23. The molecule has 1 heterocycles. The largest absolute Gasteiger partial charge is 0.379 e. The Morgan fingerprint density at radius 2 is 1.96 bits per heavy atom. The number of guanidine groups is 1. The summed E-state index contributed by atoms with van der Waals surface area (Å²) in [6, 6.07) is 8.44. The lowest BCUT2D eigenvalue weighted by Crippen LogP contribution is -2.46. The van der Waals surface area contributed by atoms with Crippen LogP contribution in [0.1, 0.15) is 31.4 Å². The maximum Gasteiger partial charge on any atom is 0.193 e. The Labute approximate surface area is 180 Å². The molecule has 1 aliphatic rings. The van der Waals surface area contributed by atoms with Crippen molar-refractivity contribution in [1.82, 2.24) is 15.1 Å². The van der Waals surface area contributed by atoms with Crippen LogP contribution in [0.15, 0.2) is 29.3 Å². The van der Waals surface area contributed by atoms with Crippen molar-refractivity contribution < 1.29 is 4.74 Å². The lowest BCUT2D eigenvalue weighted by atomic mass is 10.0. The molecule has 1 unspecified atom stereocenters. The quantitative estimate of drug-likeness (QED) is 0.357. The first-order chi connectivity index (χ1) is 12.2. The summed E-state index contributed by atoms with van der Waals surface area (Å²) < 4.78 is 5.52. The summed E-state index contributed by atoms with van der Waals surface area (Å²) in [4.78, 5) is 9.10. The van der Waals surface area contributed by atoms with Crippen molar-refractivity contribution >= 4 is 41.5 Å². The molecule has 0 bridgehead atoms. The van der Waals surface area contributed by atoms with Crippen LogP contribution in [0.25, 0.3) is 0 Å². The number of aliphatic imine (C=N–C) groups is 1. The highest BCUT2D eigenvalue weighted by molar-refractivity contribution is 14.0. The molecule has 0 amide bonds. The number of halogens is 2. The van der Waals surface area contributed by atoms with Gasteiger partial charge >= 0.3 is 0 Å². The van der Waals surface area contributed by atoms with E-state index in [-0.39, 0.29) is 30.0 Å². The highest BCUT2D eigenvalue weighted by Crippen LogP contribution is 2.23. The lowest BCUT2D eigenvalue weighted by Gasteiger charge is -2.35. The third-order valence-corrected chi connectivity index (χ3v) is 4.87. The molecule has 148 valence electrons. The lowest BCUT2D eigenvalue weighted by molar-refractivity contribution is 0.0169. The van der Waals surface area contributed by atoms with E-state index >= 15 is 0 Å². The molecule has 1 aromatic rings. The molecule has 1 N–H and O–H groups in total. The summed E-state index contributed by atoms with van der Waals surface area (Å²) >= 11 is 6.07. The van der Waals surface area contributed by atoms with Crippen molar-refractivity contribution in [2.45, 2.75) is 25.8 Å². The van der Waals surface area contributed by atoms with Gasteiger partial charge in [0.05, 0.1) is 19.3 Å². The molecule has 0 saturated carbocycles. The number of nitrogens with one attached hydrogen (secondary N) is 1. The van der Waals surface area contributed by atoms with Crippen LogP contribution in [0.2, 0.25) is 5.02 Å². The summed E-state index contributed by atoms with van der Waals surface area (Å²) in [6.45, 7) is 7.49. The van der Waals surface area contributed by atoms with Gasteiger partial charge in [0.15, 0.2) is 5.96 Å². The minimum absolute atomic E-state index is 0. The van der Waals surface area contributed by atoms with Crippen LogP contribution in [0, 0.1) is 0 Å². The third kappa shape index (κ3) is 7.21. The molecule has 7 heteroatoms. The minimum Gasteiger partial charge on any atom is -0.379 e. The predicted molar refractivity (Wildman–Crippen MR) is 121 cm³/mol. The first kappa shape index (κ1) is 23.5. The van der Waals surface area contributed by atoms with Crippen molar-refractivity contribution in [1.29, 1.82) is 0 Å². The molecule has 2 rings (SSSR count). The van der Waals surface area contributed by atoms with E-state index in [0.717, 1.165) is 50.4 Å². The molecule has 1 saturated heterocycles. The molecule has 0 radical (unpaired) electrons. The topological polar surface area (TPSA) is 40.1 Å². The van der Waals surface area contributed by atoms with Gasteiger partial charge in [0.2, 0.25) is 0 Å². The second-order valence-electron chi connectivity index (χ2n) is 6.42. The molecular formula is C19H32ClIN4O. The average molecular weight is 495 g/mol. The second kappa shape index (κ2) is 12.8. The average Bonchev–Trinajstić information content (AvgIpc) is 2.65. The van der Waals surface area contributed by atoms with Gasteiger partial charge in [-0.2, -0.15) is 0 Å². The summed E-state index contributed by atoms with van der Waals surface area (Å²) in [5.41, 5.74) is 1.27. The molecule has 0 aliphatic carbocycles. The Kier molecular flexibility index (Phi) is 11.5. The van der Waals surface area contributed by atoms with E-state index in [4.69, 9.17) is 16.3 Å². The monoisotopic (exact) mass is 494 g/mol. The molecule has 5 nitrogen and oxygen atoms in total. The summed E-state index contributed by atoms with van der Waals surface area (Å²) in [5, 5.41) is 4.32. The maximum absolute atomic E-state index is 6.07. The number of unbranched alkanes of at least 4 members (excludes halogenated alkanes) is 1. The van der Waals surface area contributed by atoms with E-state index in [2.05, 4.69) is 46.2 Å². The summed E-state index contributed by atoms with van der Waals surface area (Å²) in [5.74, 6) is 0.945. The van der Waals surface area contributed by atoms with Crippen LogP contribution in [0.3, 0.4) is 0 Å². The minimum atomic E-state index is 0. The fourth-order valence-corrected chi connectivity index (χ4v) is 3.23. The molecule has 0 aromatic heterocycles. The zero-order valence-corrected chi connectivity index (χ0v) is 19.2. The third-order valence-electron chi connectivity index (χ3n) is 4.62. The first-order valence-electron chi connectivity index (χ1n) is 9.14. The van der Waals surface area contributed by atoms with Gasteiger partial charge in [-0.25, -0.2) is 0 Å². The van der Waals surface area contributed by atoms with Crippen molar-refractivity contribution in [2.75, 3.05) is 53.5 Å². The standard InChI is InChI=1S/C19H31ClN4O.HI/c1-4-5-10-23(3)19(21-2)22-15-18(24-11-13-25-14-12-24)16-6-8-17(20)9-7-16;/h6-9,18H,4-5,10-15H2,1-3H3,(H,21,22);1H. The molecule has 1 aliphatic heterocycles. The van der Waals surface area contributed by atoms with Gasteiger partial charge < -0.3 is 15.0 Å². The number of nitrogens with zero attached hydrogens (tertiary/aromatic N) is 3. The van der Waals surface area contributed by atoms with Crippen LogP contribution < -0.4 is 5.32 Å². The van der Waals surface area contributed by atoms with Gasteiger partial charge in [-0.1, -0.05) is 37.1 Å². The van der Waals surface area contributed by atoms with Gasteiger partial charge in [0.1, 0.15) is 0 Å². The smallest absolute Gasteiger partial charge is 0.193 e. The van der Waals surface area contributed by atoms with E-state index < -0.39 is 0 Å². The Morgan fingerprint density at radius 3 is 2.54 bits per heavy atom. The number of hydrogen-bond acceptors (Lipinski definition) is 3. The first-order valence-corrected chi connectivity index (χ1v) is 9.52. The van der Waals surface area contributed by atoms with Gasteiger partial charge in [-0.15, -0.1) is 24.0 Å². The van der Waals surface area contributed by atoms with Crippen molar-refractivity contribution in [3.63, 3.8) is 0 Å². The normalized spacial score (nSPS) is 16.7.